The second kappa shape index (κ2) is 8.71. The predicted octanol–water partition coefficient (Wildman–Crippen LogP) is 2.88. The van der Waals surface area contributed by atoms with Gasteiger partial charge in [0.1, 0.15) is 17.1 Å². The normalized spacial score (nSPS) is 17.1. The molecule has 1 aromatic carbocycles. The van der Waals surface area contributed by atoms with Crippen LogP contribution in [0.15, 0.2) is 42.6 Å². The highest BCUT2D eigenvalue weighted by molar-refractivity contribution is 6.07. The third-order valence-electron chi connectivity index (χ3n) is 5.59. The van der Waals surface area contributed by atoms with E-state index in [9.17, 15) is 18.8 Å². The van der Waals surface area contributed by atoms with Gasteiger partial charge in [-0.25, -0.2) is 14.2 Å². The number of nitrogens with zero attached hydrogens (tertiary/aromatic N) is 2. The largest absolute Gasteiger partial charge is 0.439 e. The molecule has 1 spiro atoms. The van der Waals surface area contributed by atoms with E-state index in [0.717, 1.165) is 23.3 Å². The van der Waals surface area contributed by atoms with Crippen LogP contribution in [0, 0.1) is 5.82 Å². The Hall–Kier alpha value is -3.49. The first kappa shape index (κ1) is 20.8. The summed E-state index contributed by atoms with van der Waals surface area (Å²) in [7, 11) is 0. The molecule has 4 rings (SSSR count). The van der Waals surface area contributed by atoms with Crippen molar-refractivity contribution in [3.8, 4) is 11.6 Å². The summed E-state index contributed by atoms with van der Waals surface area (Å²) in [5.41, 5.74) is 0.00581. The van der Waals surface area contributed by atoms with E-state index in [4.69, 9.17) is 4.74 Å². The lowest BCUT2D eigenvalue weighted by molar-refractivity contribution is -0.131. The lowest BCUT2D eigenvalue weighted by Gasteiger charge is -2.19. The highest BCUT2D eigenvalue weighted by atomic mass is 19.1. The van der Waals surface area contributed by atoms with E-state index in [1.54, 1.807) is 18.3 Å². The number of imide groups is 1. The van der Waals surface area contributed by atoms with Gasteiger partial charge in [-0.2, -0.15) is 0 Å². The molecule has 1 aromatic heterocycles. The fourth-order valence-corrected chi connectivity index (χ4v) is 3.94. The van der Waals surface area contributed by atoms with Gasteiger partial charge in [-0.3, -0.25) is 14.5 Å². The standard InChI is InChI=1S/C22H23FN4O4/c23-16-3-5-17(6-4-16)31-19-13-15(7-11-24-19)14-25-18(28)8-12-27-20(29)22(26-21(27)30)9-1-2-10-22/h3-7,11,13H,1-2,8-10,12,14H2,(H,25,28)(H,26,30). The minimum Gasteiger partial charge on any atom is -0.439 e. The molecule has 1 aliphatic carbocycles. The Kier molecular flexibility index (Phi) is 5.83. The van der Waals surface area contributed by atoms with Gasteiger partial charge >= 0.3 is 6.03 Å². The number of amides is 4. The molecule has 162 valence electrons. The Labute approximate surface area is 178 Å². The van der Waals surface area contributed by atoms with E-state index in [0.29, 0.717) is 24.5 Å². The number of carbonyl (C=O) groups is 3. The molecule has 0 radical (unpaired) electrons. The highest BCUT2D eigenvalue weighted by Crippen LogP contribution is 2.35. The summed E-state index contributed by atoms with van der Waals surface area (Å²) >= 11 is 0. The molecular weight excluding hydrogens is 403 g/mol. The number of carbonyl (C=O) groups excluding carboxylic acids is 3. The van der Waals surface area contributed by atoms with Gasteiger partial charge in [0.2, 0.25) is 11.8 Å². The monoisotopic (exact) mass is 426 g/mol. The van der Waals surface area contributed by atoms with E-state index < -0.39 is 11.6 Å². The molecule has 1 aliphatic heterocycles. The van der Waals surface area contributed by atoms with Gasteiger partial charge in [0.15, 0.2) is 0 Å². The number of pyridine rings is 1. The molecule has 0 atom stereocenters. The lowest BCUT2D eigenvalue weighted by atomic mass is 9.98. The zero-order valence-corrected chi connectivity index (χ0v) is 16.9. The molecule has 9 heteroatoms. The number of hydrogen-bond donors (Lipinski definition) is 2. The van der Waals surface area contributed by atoms with Crippen molar-refractivity contribution in [2.75, 3.05) is 6.54 Å². The molecule has 2 aromatic rings. The van der Waals surface area contributed by atoms with Gasteiger partial charge in [-0.1, -0.05) is 12.8 Å². The van der Waals surface area contributed by atoms with E-state index in [2.05, 4.69) is 15.6 Å². The van der Waals surface area contributed by atoms with Crippen LogP contribution < -0.4 is 15.4 Å². The van der Waals surface area contributed by atoms with Crippen LogP contribution in [0.1, 0.15) is 37.7 Å². The average molecular weight is 426 g/mol. The summed E-state index contributed by atoms with van der Waals surface area (Å²) in [5, 5.41) is 5.57. The van der Waals surface area contributed by atoms with Crippen molar-refractivity contribution in [2.45, 2.75) is 44.2 Å². The summed E-state index contributed by atoms with van der Waals surface area (Å²) in [6, 6.07) is 8.56. The van der Waals surface area contributed by atoms with Gasteiger partial charge in [0.05, 0.1) is 0 Å². The van der Waals surface area contributed by atoms with Crippen LogP contribution in [0.4, 0.5) is 9.18 Å². The first-order chi connectivity index (χ1) is 14.9. The minimum atomic E-state index is -0.758. The van der Waals surface area contributed by atoms with Gasteiger partial charge in [-0.05, 0) is 48.7 Å². The lowest BCUT2D eigenvalue weighted by Crippen LogP contribution is -2.44. The number of ether oxygens (including phenoxy) is 1. The highest BCUT2D eigenvalue weighted by Gasteiger charge is 2.52. The van der Waals surface area contributed by atoms with Crippen molar-refractivity contribution >= 4 is 17.8 Å². The topological polar surface area (TPSA) is 101 Å². The zero-order chi connectivity index (χ0) is 21.8. The van der Waals surface area contributed by atoms with Gasteiger partial charge in [-0.15, -0.1) is 0 Å². The number of nitrogens with one attached hydrogen (secondary N) is 2. The third-order valence-corrected chi connectivity index (χ3v) is 5.59. The van der Waals surface area contributed by atoms with Crippen LogP contribution in [0.5, 0.6) is 11.6 Å². The SMILES string of the molecule is O=C(CCN1C(=O)NC2(CCCC2)C1=O)NCc1ccnc(Oc2ccc(F)cc2)c1. The molecule has 2 fully saturated rings. The van der Waals surface area contributed by atoms with Gasteiger partial charge in [0, 0.05) is 31.8 Å². The number of hydrogen-bond acceptors (Lipinski definition) is 5. The summed E-state index contributed by atoms with van der Waals surface area (Å²) < 4.78 is 18.6. The second-order valence-electron chi connectivity index (χ2n) is 7.76. The fourth-order valence-electron chi connectivity index (χ4n) is 3.94. The maximum absolute atomic E-state index is 13.0. The zero-order valence-electron chi connectivity index (χ0n) is 16.9. The van der Waals surface area contributed by atoms with Crippen LogP contribution >= 0.6 is 0 Å². The predicted molar refractivity (Wildman–Crippen MR) is 109 cm³/mol. The first-order valence-corrected chi connectivity index (χ1v) is 10.2. The molecule has 2 heterocycles. The Morgan fingerprint density at radius 3 is 2.68 bits per heavy atom. The molecule has 1 saturated carbocycles. The molecule has 0 bridgehead atoms. The smallest absolute Gasteiger partial charge is 0.325 e. The van der Waals surface area contributed by atoms with Crippen molar-refractivity contribution in [1.29, 1.82) is 0 Å². The fraction of sp³-hybridized carbons (Fsp3) is 0.364. The van der Waals surface area contributed by atoms with E-state index in [1.807, 2.05) is 0 Å². The molecule has 2 aliphatic rings. The van der Waals surface area contributed by atoms with Crippen LogP contribution in [0.2, 0.25) is 0 Å². The molecule has 8 nitrogen and oxygen atoms in total. The number of rotatable bonds is 7. The van der Waals surface area contributed by atoms with Crippen molar-refractivity contribution in [3.05, 3.63) is 54.0 Å². The summed E-state index contributed by atoms with van der Waals surface area (Å²) in [4.78, 5) is 42.3. The summed E-state index contributed by atoms with van der Waals surface area (Å²) in [5.74, 6) is -0.0863. The number of urea groups is 1. The average Bonchev–Trinajstić information content (AvgIpc) is 3.32. The Balaban J connectivity index is 1.27. The molecule has 0 unspecified atom stereocenters. The van der Waals surface area contributed by atoms with Crippen LogP contribution in [0.25, 0.3) is 0 Å². The molecule has 31 heavy (non-hydrogen) atoms. The van der Waals surface area contributed by atoms with Crippen molar-refractivity contribution in [1.82, 2.24) is 20.5 Å². The summed E-state index contributed by atoms with van der Waals surface area (Å²) in [6.07, 6.45) is 4.72. The van der Waals surface area contributed by atoms with Gasteiger partial charge in [0.25, 0.3) is 5.91 Å². The third kappa shape index (κ3) is 4.65. The van der Waals surface area contributed by atoms with E-state index >= 15 is 0 Å². The van der Waals surface area contributed by atoms with Crippen molar-refractivity contribution < 1.29 is 23.5 Å². The maximum atomic E-state index is 13.0. The summed E-state index contributed by atoms with van der Waals surface area (Å²) in [6.45, 7) is 0.290. The van der Waals surface area contributed by atoms with Crippen LogP contribution in [-0.4, -0.2) is 39.8 Å². The van der Waals surface area contributed by atoms with Crippen molar-refractivity contribution in [2.24, 2.45) is 0 Å². The number of benzene rings is 1. The minimum absolute atomic E-state index is 0.0270. The van der Waals surface area contributed by atoms with Crippen molar-refractivity contribution in [3.63, 3.8) is 0 Å². The second-order valence-corrected chi connectivity index (χ2v) is 7.76. The Morgan fingerprint density at radius 1 is 1.19 bits per heavy atom. The number of aromatic nitrogens is 1. The number of halogens is 1. The van der Waals surface area contributed by atoms with Gasteiger partial charge < -0.3 is 15.4 Å². The first-order valence-electron chi connectivity index (χ1n) is 10.2. The molecule has 1 saturated heterocycles. The maximum Gasteiger partial charge on any atom is 0.325 e. The molecule has 2 N–H and O–H groups in total. The van der Waals surface area contributed by atoms with E-state index in [1.165, 1.54) is 24.3 Å². The van der Waals surface area contributed by atoms with Crippen LogP contribution in [-0.2, 0) is 16.1 Å². The Bertz CT molecular complexity index is 989. The van der Waals surface area contributed by atoms with Crippen LogP contribution in [0.3, 0.4) is 0 Å². The molecule has 4 amide bonds. The van der Waals surface area contributed by atoms with E-state index in [-0.39, 0.29) is 37.1 Å². The Morgan fingerprint density at radius 2 is 1.94 bits per heavy atom. The molecular formula is C22H23FN4O4. The quantitative estimate of drug-likeness (QED) is 0.663.